The van der Waals surface area contributed by atoms with Crippen molar-refractivity contribution in [2.45, 2.75) is 26.2 Å². The Hall–Kier alpha value is -2.04. The number of hydrogen-bond donors (Lipinski definition) is 1. The van der Waals surface area contributed by atoms with Crippen LogP contribution in [0.2, 0.25) is 0 Å². The summed E-state index contributed by atoms with van der Waals surface area (Å²) < 4.78 is 5.15. The number of likely N-dealkylation sites (tertiary alicyclic amines) is 1. The molecule has 0 aromatic heterocycles. The van der Waals surface area contributed by atoms with Gasteiger partial charge in [-0.25, -0.2) is 0 Å². The molecule has 2 fully saturated rings. The van der Waals surface area contributed by atoms with Gasteiger partial charge in [-0.3, -0.25) is 9.59 Å². The molecule has 0 radical (unpaired) electrons. The number of hydrogen-bond acceptors (Lipinski definition) is 3. The fraction of sp³-hybridized carbons (Fsp3) is 0.579. The molecule has 1 unspecified atom stereocenters. The predicted molar refractivity (Wildman–Crippen MR) is 89.8 cm³/mol. The van der Waals surface area contributed by atoms with Crippen molar-refractivity contribution in [3.63, 3.8) is 0 Å². The fourth-order valence-corrected chi connectivity index (χ4v) is 3.79. The molecule has 130 valence electrons. The van der Waals surface area contributed by atoms with Crippen LogP contribution in [0.3, 0.4) is 0 Å². The van der Waals surface area contributed by atoms with Gasteiger partial charge in [0.1, 0.15) is 5.75 Å². The van der Waals surface area contributed by atoms with Crippen LogP contribution in [-0.4, -0.2) is 42.1 Å². The number of ether oxygens (including phenoxy) is 1. The van der Waals surface area contributed by atoms with Crippen molar-refractivity contribution >= 4 is 11.9 Å². The monoisotopic (exact) mass is 331 g/mol. The molecule has 1 aliphatic carbocycles. The number of carbonyl (C=O) groups is 2. The summed E-state index contributed by atoms with van der Waals surface area (Å²) in [5.41, 5.74) is 1.09. The van der Waals surface area contributed by atoms with E-state index in [0.717, 1.165) is 24.2 Å². The van der Waals surface area contributed by atoms with Gasteiger partial charge in [-0.2, -0.15) is 0 Å². The first-order valence-electron chi connectivity index (χ1n) is 8.64. The van der Waals surface area contributed by atoms with Crippen LogP contribution in [0.25, 0.3) is 0 Å². The maximum atomic E-state index is 12.7. The van der Waals surface area contributed by atoms with Crippen molar-refractivity contribution in [2.24, 2.45) is 23.7 Å². The third-order valence-corrected chi connectivity index (χ3v) is 5.34. The molecule has 3 atom stereocenters. The number of methoxy groups -OCH3 is 1. The van der Waals surface area contributed by atoms with Gasteiger partial charge in [0, 0.05) is 19.0 Å². The Morgan fingerprint density at radius 2 is 1.92 bits per heavy atom. The van der Waals surface area contributed by atoms with Crippen molar-refractivity contribution in [1.82, 2.24) is 4.90 Å². The molecule has 1 saturated heterocycles. The molecule has 0 bridgehead atoms. The zero-order chi connectivity index (χ0) is 17.3. The molecule has 5 heteroatoms. The van der Waals surface area contributed by atoms with E-state index in [1.165, 1.54) is 0 Å². The first-order chi connectivity index (χ1) is 11.5. The average molecular weight is 331 g/mol. The highest BCUT2D eigenvalue weighted by molar-refractivity contribution is 5.81. The van der Waals surface area contributed by atoms with Crippen molar-refractivity contribution < 1.29 is 19.4 Å². The lowest BCUT2D eigenvalue weighted by molar-refractivity contribution is -0.143. The summed E-state index contributed by atoms with van der Waals surface area (Å²) in [6.07, 6.45) is 2.88. The van der Waals surface area contributed by atoms with E-state index in [9.17, 15) is 14.7 Å². The maximum Gasteiger partial charge on any atom is 0.308 e. The van der Waals surface area contributed by atoms with E-state index in [4.69, 9.17) is 4.74 Å². The Balaban J connectivity index is 1.61. The smallest absolute Gasteiger partial charge is 0.308 e. The Morgan fingerprint density at radius 1 is 1.25 bits per heavy atom. The van der Waals surface area contributed by atoms with Gasteiger partial charge < -0.3 is 14.7 Å². The highest BCUT2D eigenvalue weighted by Crippen LogP contribution is 2.44. The molecule has 1 heterocycles. The first kappa shape index (κ1) is 16.8. The Kier molecular flexibility index (Phi) is 4.78. The molecule has 2 aliphatic rings. The van der Waals surface area contributed by atoms with Crippen LogP contribution in [0, 0.1) is 23.7 Å². The Labute approximate surface area is 142 Å². The zero-order valence-electron chi connectivity index (χ0n) is 14.3. The highest BCUT2D eigenvalue weighted by Gasteiger charge is 2.47. The lowest BCUT2D eigenvalue weighted by atomic mass is 9.92. The normalized spacial score (nSPS) is 24.7. The van der Waals surface area contributed by atoms with E-state index in [2.05, 4.69) is 0 Å². The number of rotatable bonds is 6. The van der Waals surface area contributed by atoms with Crippen molar-refractivity contribution in [1.29, 1.82) is 0 Å². The molecule has 0 spiro atoms. The average Bonchev–Trinajstić information content (AvgIpc) is 3.32. The lowest BCUT2D eigenvalue weighted by Crippen LogP contribution is -2.35. The van der Waals surface area contributed by atoms with Gasteiger partial charge in [0.2, 0.25) is 5.91 Å². The Morgan fingerprint density at radius 3 is 2.46 bits per heavy atom. The number of carbonyl (C=O) groups excluding carboxylic acids is 1. The van der Waals surface area contributed by atoms with E-state index in [1.807, 2.05) is 31.2 Å². The van der Waals surface area contributed by atoms with Crippen LogP contribution >= 0.6 is 0 Å². The third-order valence-electron chi connectivity index (χ3n) is 5.34. The van der Waals surface area contributed by atoms with Crippen molar-refractivity contribution in [3.8, 4) is 5.75 Å². The quantitative estimate of drug-likeness (QED) is 0.869. The number of amides is 1. The SMILES string of the molecule is COc1ccc(CC(C)C(=O)N2C[C@H](C(=O)O)[C@@H](C3CC3)C2)cc1. The van der Waals surface area contributed by atoms with Crippen LogP contribution in [0.1, 0.15) is 25.3 Å². The van der Waals surface area contributed by atoms with Crippen LogP contribution in [-0.2, 0) is 16.0 Å². The summed E-state index contributed by atoms with van der Waals surface area (Å²) in [6, 6.07) is 7.73. The molecular formula is C19H25NO4. The van der Waals surface area contributed by atoms with Crippen LogP contribution in [0.4, 0.5) is 0 Å². The molecule has 1 aromatic carbocycles. The molecule has 1 aromatic rings. The lowest BCUT2D eigenvalue weighted by Gasteiger charge is -2.21. The number of aliphatic carboxylic acids is 1. The summed E-state index contributed by atoms with van der Waals surface area (Å²) in [5.74, 6) is 0.208. The number of carboxylic acids is 1. The summed E-state index contributed by atoms with van der Waals surface area (Å²) in [5, 5.41) is 9.43. The molecular weight excluding hydrogens is 306 g/mol. The largest absolute Gasteiger partial charge is 0.497 e. The van der Waals surface area contributed by atoms with Crippen LogP contribution in [0.15, 0.2) is 24.3 Å². The fourth-order valence-electron chi connectivity index (χ4n) is 3.79. The van der Waals surface area contributed by atoms with Crippen LogP contribution in [0.5, 0.6) is 5.75 Å². The second kappa shape index (κ2) is 6.83. The molecule has 1 saturated carbocycles. The van der Waals surface area contributed by atoms with Crippen molar-refractivity contribution in [2.75, 3.05) is 20.2 Å². The van der Waals surface area contributed by atoms with E-state index >= 15 is 0 Å². The van der Waals surface area contributed by atoms with Gasteiger partial charge in [0.15, 0.2) is 0 Å². The molecule has 1 aliphatic heterocycles. The van der Waals surface area contributed by atoms with E-state index < -0.39 is 11.9 Å². The standard InChI is InChI=1S/C19H25NO4/c1-12(9-13-3-7-15(24-2)8-4-13)18(21)20-10-16(14-5-6-14)17(11-20)19(22)23/h3-4,7-8,12,14,16-17H,5-6,9-11H2,1-2H3,(H,22,23)/t12?,16-,17+/m1/s1. The molecule has 1 amide bonds. The number of nitrogens with zero attached hydrogens (tertiary/aromatic N) is 1. The first-order valence-corrected chi connectivity index (χ1v) is 8.64. The number of benzene rings is 1. The molecule has 24 heavy (non-hydrogen) atoms. The number of carboxylic acid groups (broad SMARTS) is 1. The summed E-state index contributed by atoms with van der Waals surface area (Å²) in [4.78, 5) is 26.0. The molecule has 3 rings (SSSR count). The zero-order valence-corrected chi connectivity index (χ0v) is 14.3. The summed E-state index contributed by atoms with van der Waals surface area (Å²) in [6.45, 7) is 2.89. The maximum absolute atomic E-state index is 12.7. The molecule has 5 nitrogen and oxygen atoms in total. The van der Waals surface area contributed by atoms with E-state index in [-0.39, 0.29) is 17.7 Å². The second-order valence-electron chi connectivity index (χ2n) is 7.14. The van der Waals surface area contributed by atoms with E-state index in [0.29, 0.717) is 25.4 Å². The van der Waals surface area contributed by atoms with Gasteiger partial charge in [0.05, 0.1) is 13.0 Å². The predicted octanol–water partition coefficient (Wildman–Crippen LogP) is 2.44. The van der Waals surface area contributed by atoms with Gasteiger partial charge in [-0.05, 0) is 48.8 Å². The minimum atomic E-state index is -0.759. The topological polar surface area (TPSA) is 66.8 Å². The van der Waals surface area contributed by atoms with E-state index in [1.54, 1.807) is 12.0 Å². The van der Waals surface area contributed by atoms with Crippen molar-refractivity contribution in [3.05, 3.63) is 29.8 Å². The highest BCUT2D eigenvalue weighted by atomic mass is 16.5. The van der Waals surface area contributed by atoms with Gasteiger partial charge in [0.25, 0.3) is 0 Å². The summed E-state index contributed by atoms with van der Waals surface area (Å²) >= 11 is 0. The minimum absolute atomic E-state index is 0.0696. The van der Waals surface area contributed by atoms with Gasteiger partial charge in [-0.15, -0.1) is 0 Å². The van der Waals surface area contributed by atoms with Crippen LogP contribution < -0.4 is 4.74 Å². The van der Waals surface area contributed by atoms with Gasteiger partial charge in [-0.1, -0.05) is 19.1 Å². The van der Waals surface area contributed by atoms with Gasteiger partial charge >= 0.3 is 5.97 Å². The molecule has 1 N–H and O–H groups in total. The second-order valence-corrected chi connectivity index (χ2v) is 7.14. The third kappa shape index (κ3) is 3.55. The minimum Gasteiger partial charge on any atom is -0.497 e. The Bertz CT molecular complexity index is 608. The summed E-state index contributed by atoms with van der Waals surface area (Å²) in [7, 11) is 1.63.